The first-order valence-corrected chi connectivity index (χ1v) is 11.3. The molecule has 3 heterocycles. The van der Waals surface area contributed by atoms with Gasteiger partial charge in [-0.2, -0.15) is 0 Å². The normalized spacial score (nSPS) is 11.2. The van der Waals surface area contributed by atoms with Crippen molar-refractivity contribution in [2.24, 2.45) is 0 Å². The molecule has 5 rings (SSSR count). The number of hydroxylamine groups is 1. The molecule has 0 bridgehead atoms. The van der Waals surface area contributed by atoms with Gasteiger partial charge in [-0.25, -0.2) is 15.1 Å². The van der Waals surface area contributed by atoms with E-state index < -0.39 is 0 Å². The summed E-state index contributed by atoms with van der Waals surface area (Å²) in [5.74, 6) is -0.388. The Kier molecular flexibility index (Phi) is 6.16. The lowest BCUT2D eigenvalue weighted by Gasteiger charge is -2.09. The topological polar surface area (TPSA) is 94.8 Å². The van der Waals surface area contributed by atoms with Gasteiger partial charge >= 0.3 is 0 Å². The summed E-state index contributed by atoms with van der Waals surface area (Å²) in [6, 6.07) is 19.0. The van der Waals surface area contributed by atoms with Gasteiger partial charge in [0.15, 0.2) is 5.65 Å². The molecule has 0 saturated heterocycles. The lowest BCUT2D eigenvalue weighted by atomic mass is 10.1. The molecular formula is C25H21ClN6O2. The molecule has 34 heavy (non-hydrogen) atoms. The van der Waals surface area contributed by atoms with Crippen LogP contribution < -0.4 is 5.48 Å². The van der Waals surface area contributed by atoms with E-state index in [9.17, 15) is 4.79 Å². The van der Waals surface area contributed by atoms with Crippen LogP contribution in [-0.4, -0.2) is 37.5 Å². The predicted molar refractivity (Wildman–Crippen MR) is 130 cm³/mol. The Hall–Kier alpha value is -3.88. The van der Waals surface area contributed by atoms with Crippen molar-refractivity contribution in [3.8, 4) is 11.3 Å². The highest BCUT2D eigenvalue weighted by atomic mass is 35.5. The van der Waals surface area contributed by atoms with E-state index in [1.54, 1.807) is 29.1 Å². The Labute approximate surface area is 200 Å². The first-order chi connectivity index (χ1) is 16.6. The summed E-state index contributed by atoms with van der Waals surface area (Å²) in [7, 11) is 0. The van der Waals surface area contributed by atoms with Gasteiger partial charge in [0.25, 0.3) is 5.91 Å². The highest BCUT2D eigenvalue weighted by molar-refractivity contribution is 6.34. The zero-order valence-corrected chi connectivity index (χ0v) is 19.2. The fourth-order valence-corrected chi connectivity index (χ4v) is 3.92. The summed E-state index contributed by atoms with van der Waals surface area (Å²) >= 11 is 6.39. The number of nitrogens with one attached hydrogen (secondary N) is 1. The molecule has 0 aliphatic rings. The second-order valence-electron chi connectivity index (χ2n) is 7.79. The van der Waals surface area contributed by atoms with Gasteiger partial charge in [0.1, 0.15) is 5.52 Å². The van der Waals surface area contributed by atoms with E-state index in [1.165, 1.54) is 0 Å². The number of amides is 1. The number of benzene rings is 2. The zero-order valence-electron chi connectivity index (χ0n) is 18.4. The molecule has 1 N–H and O–H groups in total. The van der Waals surface area contributed by atoms with Crippen molar-refractivity contribution in [3.63, 3.8) is 0 Å². The van der Waals surface area contributed by atoms with Gasteiger partial charge in [-0.3, -0.25) is 14.6 Å². The Morgan fingerprint density at radius 3 is 2.82 bits per heavy atom. The maximum Gasteiger partial charge on any atom is 0.276 e. The first kappa shape index (κ1) is 21.9. The minimum absolute atomic E-state index is 0.313. The van der Waals surface area contributed by atoms with E-state index in [2.05, 4.69) is 26.8 Å². The Bertz CT molecular complexity index is 1500. The average molecular weight is 473 g/mol. The molecule has 9 heteroatoms. The second-order valence-corrected chi connectivity index (χ2v) is 8.20. The van der Waals surface area contributed by atoms with Gasteiger partial charge in [0, 0.05) is 17.1 Å². The number of halogens is 1. The van der Waals surface area contributed by atoms with Crippen molar-refractivity contribution in [1.82, 2.24) is 30.4 Å². The number of rotatable bonds is 7. The number of aromatic nitrogens is 5. The van der Waals surface area contributed by atoms with Crippen LogP contribution in [0.4, 0.5) is 0 Å². The molecule has 3 aromatic heterocycles. The Morgan fingerprint density at radius 2 is 1.97 bits per heavy atom. The SMILES string of the molecule is CCCONC(=O)c1ccc(-c2ccc3nnn(Cc4ccc5ncccc5c4)c3n2)cc1Cl. The molecule has 0 aliphatic heterocycles. The second kappa shape index (κ2) is 9.54. The summed E-state index contributed by atoms with van der Waals surface area (Å²) in [5.41, 5.74) is 7.59. The van der Waals surface area contributed by atoms with Crippen molar-refractivity contribution in [2.45, 2.75) is 19.9 Å². The van der Waals surface area contributed by atoms with Gasteiger partial charge < -0.3 is 0 Å². The van der Waals surface area contributed by atoms with E-state index in [-0.39, 0.29) is 5.91 Å². The van der Waals surface area contributed by atoms with Crippen molar-refractivity contribution in [3.05, 3.63) is 83.0 Å². The van der Waals surface area contributed by atoms with Crippen LogP contribution in [0, 0.1) is 0 Å². The van der Waals surface area contributed by atoms with Crippen LogP contribution in [0.25, 0.3) is 33.3 Å². The molecular weight excluding hydrogens is 452 g/mol. The third-order valence-corrected chi connectivity index (χ3v) is 5.65. The van der Waals surface area contributed by atoms with Crippen LogP contribution in [0.3, 0.4) is 0 Å². The molecule has 0 atom stereocenters. The summed E-state index contributed by atoms with van der Waals surface area (Å²) < 4.78 is 1.77. The fourth-order valence-electron chi connectivity index (χ4n) is 3.65. The minimum atomic E-state index is -0.388. The van der Waals surface area contributed by atoms with Crippen LogP contribution >= 0.6 is 11.6 Å². The molecule has 0 radical (unpaired) electrons. The van der Waals surface area contributed by atoms with Gasteiger partial charge in [0.05, 0.1) is 34.9 Å². The molecule has 5 aromatic rings. The average Bonchev–Trinajstić information content (AvgIpc) is 3.26. The van der Waals surface area contributed by atoms with Crippen molar-refractivity contribution >= 4 is 39.6 Å². The van der Waals surface area contributed by atoms with Gasteiger partial charge in [0.2, 0.25) is 0 Å². The van der Waals surface area contributed by atoms with Gasteiger partial charge in [-0.05, 0) is 54.4 Å². The molecule has 0 saturated carbocycles. The predicted octanol–water partition coefficient (Wildman–Crippen LogP) is 4.81. The lowest BCUT2D eigenvalue weighted by molar-refractivity contribution is 0.0315. The number of carbonyl (C=O) groups is 1. The highest BCUT2D eigenvalue weighted by Gasteiger charge is 2.14. The molecule has 0 aliphatic carbocycles. The smallest absolute Gasteiger partial charge is 0.273 e. The zero-order chi connectivity index (χ0) is 23.5. The first-order valence-electron chi connectivity index (χ1n) is 10.9. The number of pyridine rings is 2. The maximum absolute atomic E-state index is 12.3. The third-order valence-electron chi connectivity index (χ3n) is 5.34. The standard InChI is InChI=1S/C25H21ClN6O2/c1-2-12-34-30-25(33)19-7-6-18(14-20(19)26)22-9-10-23-24(28-22)32(31-29-23)15-16-5-8-21-17(13-16)4-3-11-27-21/h3-11,13-14H,2,12,15H2,1H3,(H,30,33). The fraction of sp³-hybridized carbons (Fsp3) is 0.160. The molecule has 0 spiro atoms. The summed E-state index contributed by atoms with van der Waals surface area (Å²) in [6.07, 6.45) is 2.58. The third kappa shape index (κ3) is 4.46. The monoisotopic (exact) mass is 472 g/mol. The summed E-state index contributed by atoms with van der Waals surface area (Å²) in [4.78, 5) is 26.5. The van der Waals surface area contributed by atoms with E-state index in [4.69, 9.17) is 21.4 Å². The number of hydrogen-bond donors (Lipinski definition) is 1. The number of carbonyl (C=O) groups excluding carboxylic acids is 1. The highest BCUT2D eigenvalue weighted by Crippen LogP contribution is 2.26. The minimum Gasteiger partial charge on any atom is -0.273 e. The lowest BCUT2D eigenvalue weighted by Crippen LogP contribution is -2.24. The van der Waals surface area contributed by atoms with Gasteiger partial charge in [-0.15, -0.1) is 5.10 Å². The Balaban J connectivity index is 1.42. The molecule has 1 amide bonds. The summed E-state index contributed by atoms with van der Waals surface area (Å²) in [6.45, 7) is 2.91. The van der Waals surface area contributed by atoms with E-state index >= 15 is 0 Å². The van der Waals surface area contributed by atoms with Crippen LogP contribution in [0.5, 0.6) is 0 Å². The van der Waals surface area contributed by atoms with E-state index in [0.29, 0.717) is 40.6 Å². The largest absolute Gasteiger partial charge is 0.276 e. The van der Waals surface area contributed by atoms with Crippen LogP contribution in [0.15, 0.2) is 66.9 Å². The van der Waals surface area contributed by atoms with E-state index in [1.807, 2.05) is 43.3 Å². The van der Waals surface area contributed by atoms with Gasteiger partial charge in [-0.1, -0.05) is 41.9 Å². The summed E-state index contributed by atoms with van der Waals surface area (Å²) in [5, 5.41) is 9.92. The molecule has 0 unspecified atom stereocenters. The van der Waals surface area contributed by atoms with E-state index in [0.717, 1.165) is 28.5 Å². The number of nitrogens with zero attached hydrogens (tertiary/aromatic N) is 5. The quantitative estimate of drug-likeness (QED) is 0.269. The number of fused-ring (bicyclic) bond motifs is 2. The van der Waals surface area contributed by atoms with Crippen molar-refractivity contribution < 1.29 is 9.63 Å². The molecule has 0 fully saturated rings. The van der Waals surface area contributed by atoms with Crippen molar-refractivity contribution in [2.75, 3.05) is 6.61 Å². The molecule has 8 nitrogen and oxygen atoms in total. The van der Waals surface area contributed by atoms with Crippen LogP contribution in [0.1, 0.15) is 29.3 Å². The molecule has 170 valence electrons. The molecule has 2 aromatic carbocycles. The van der Waals surface area contributed by atoms with Crippen LogP contribution in [0.2, 0.25) is 5.02 Å². The number of hydrogen-bond acceptors (Lipinski definition) is 6. The Morgan fingerprint density at radius 1 is 1.09 bits per heavy atom. The van der Waals surface area contributed by atoms with Crippen LogP contribution in [-0.2, 0) is 11.4 Å². The maximum atomic E-state index is 12.3. The van der Waals surface area contributed by atoms with Crippen molar-refractivity contribution in [1.29, 1.82) is 0 Å².